The van der Waals surface area contributed by atoms with Gasteiger partial charge in [0.2, 0.25) is 0 Å². The molecule has 0 aromatic heterocycles. The molecule has 2 aromatic rings. The summed E-state index contributed by atoms with van der Waals surface area (Å²) in [7, 11) is 0. The fraction of sp³-hybridized carbons (Fsp3) is 0.133. The van der Waals surface area contributed by atoms with Gasteiger partial charge in [-0.1, -0.05) is 68.4 Å². The Labute approximate surface area is 155 Å². The van der Waals surface area contributed by atoms with E-state index in [-0.39, 0.29) is 4.83 Å². The third kappa shape index (κ3) is 2.85. The van der Waals surface area contributed by atoms with Crippen molar-refractivity contribution < 1.29 is 4.79 Å². The molecule has 1 aliphatic rings. The summed E-state index contributed by atoms with van der Waals surface area (Å²) in [4.78, 5) is 10.6. The van der Waals surface area contributed by atoms with Crippen LogP contribution >= 0.6 is 62.3 Å². The fourth-order valence-corrected chi connectivity index (χ4v) is 3.81. The number of alkyl halides is 3. The zero-order valence-corrected chi connectivity index (χ0v) is 15.4. The first-order valence-corrected chi connectivity index (χ1v) is 8.79. The summed E-state index contributed by atoms with van der Waals surface area (Å²) in [5, 5.41) is 3.88. The highest BCUT2D eigenvalue weighted by Gasteiger charge is 2.30. The summed E-state index contributed by atoms with van der Waals surface area (Å²) in [6, 6.07) is 9.15. The van der Waals surface area contributed by atoms with Crippen LogP contribution in [0.1, 0.15) is 16.0 Å². The molecule has 114 valence electrons. The molecule has 0 fully saturated rings. The number of nitrogens with one attached hydrogen (secondary N) is 1. The number of fused-ring (bicyclic) bond motifs is 3. The van der Waals surface area contributed by atoms with Gasteiger partial charge in [0.1, 0.15) is 0 Å². The zero-order chi connectivity index (χ0) is 16.0. The van der Waals surface area contributed by atoms with E-state index in [1.807, 2.05) is 18.2 Å². The van der Waals surface area contributed by atoms with Gasteiger partial charge in [-0.25, -0.2) is 0 Å². The van der Waals surface area contributed by atoms with Gasteiger partial charge in [-0.05, 0) is 41.0 Å². The van der Waals surface area contributed by atoms with Crippen molar-refractivity contribution in [1.82, 2.24) is 0 Å². The molecule has 2 aromatic carbocycles. The van der Waals surface area contributed by atoms with Crippen molar-refractivity contribution in [3.05, 3.63) is 51.5 Å². The Morgan fingerprint density at radius 1 is 1.09 bits per heavy atom. The molecule has 0 aliphatic heterocycles. The third-order valence-corrected chi connectivity index (χ3v) is 5.25. The normalized spacial score (nSPS) is 15.6. The third-order valence-electron chi connectivity index (χ3n) is 3.42. The van der Waals surface area contributed by atoms with Crippen LogP contribution in [0.4, 0.5) is 5.69 Å². The van der Waals surface area contributed by atoms with E-state index >= 15 is 0 Å². The average Bonchev–Trinajstić information content (AvgIpc) is 2.72. The summed E-state index contributed by atoms with van der Waals surface area (Å²) in [5.74, 6) is -0.499. The lowest BCUT2D eigenvalue weighted by atomic mass is 10.0. The van der Waals surface area contributed by atoms with Crippen molar-refractivity contribution in [2.24, 2.45) is 0 Å². The molecule has 1 atom stereocenters. The van der Waals surface area contributed by atoms with Gasteiger partial charge in [0.05, 0.1) is 10.5 Å². The van der Waals surface area contributed by atoms with Crippen molar-refractivity contribution in [2.45, 2.75) is 9.66 Å². The lowest BCUT2D eigenvalue weighted by Crippen LogP contribution is -2.19. The number of carbonyl (C=O) groups is 1. The van der Waals surface area contributed by atoms with E-state index in [9.17, 15) is 4.79 Å². The Morgan fingerprint density at radius 3 is 2.45 bits per heavy atom. The van der Waals surface area contributed by atoms with Crippen molar-refractivity contribution in [3.63, 3.8) is 0 Å². The molecule has 0 saturated carbocycles. The van der Waals surface area contributed by atoms with E-state index in [1.54, 1.807) is 12.1 Å². The second kappa shape index (κ2) is 6.21. The molecule has 3 rings (SSSR count). The number of rotatable bonds is 2. The number of halogens is 5. The van der Waals surface area contributed by atoms with E-state index in [0.29, 0.717) is 15.7 Å². The largest absolute Gasteiger partial charge is 0.323 e. The van der Waals surface area contributed by atoms with Gasteiger partial charge in [-0.2, -0.15) is 0 Å². The van der Waals surface area contributed by atoms with Crippen molar-refractivity contribution in [2.75, 3.05) is 5.32 Å². The topological polar surface area (TPSA) is 29.1 Å². The van der Waals surface area contributed by atoms with Gasteiger partial charge in [0, 0.05) is 15.6 Å². The van der Waals surface area contributed by atoms with Gasteiger partial charge in [-0.3, -0.25) is 4.79 Å². The van der Waals surface area contributed by atoms with Crippen LogP contribution in [0.25, 0.3) is 11.1 Å². The second-order valence-corrected chi connectivity index (χ2v) is 7.69. The van der Waals surface area contributed by atoms with Gasteiger partial charge in [0.25, 0.3) is 5.91 Å². The van der Waals surface area contributed by atoms with Crippen LogP contribution in [0.5, 0.6) is 0 Å². The number of anilines is 1. The predicted molar refractivity (Wildman–Crippen MR) is 96.8 cm³/mol. The highest BCUT2D eigenvalue weighted by Crippen LogP contribution is 2.52. The van der Waals surface area contributed by atoms with E-state index in [2.05, 4.69) is 21.2 Å². The number of amides is 1. The molecule has 0 saturated heterocycles. The van der Waals surface area contributed by atoms with Crippen LogP contribution in [-0.4, -0.2) is 10.7 Å². The molecular weight excluding hydrogens is 432 g/mol. The van der Waals surface area contributed by atoms with Crippen molar-refractivity contribution >= 4 is 73.9 Å². The summed E-state index contributed by atoms with van der Waals surface area (Å²) in [6.07, 6.45) is 0. The summed E-state index contributed by atoms with van der Waals surface area (Å²) in [5.41, 5.74) is 4.42. The van der Waals surface area contributed by atoms with E-state index in [0.717, 1.165) is 22.3 Å². The van der Waals surface area contributed by atoms with Crippen LogP contribution in [0.2, 0.25) is 10.0 Å². The monoisotopic (exact) mass is 437 g/mol. The van der Waals surface area contributed by atoms with Gasteiger partial charge < -0.3 is 5.32 Å². The minimum atomic E-state index is -1.15. The first kappa shape index (κ1) is 16.4. The fourth-order valence-electron chi connectivity index (χ4n) is 2.55. The maximum atomic E-state index is 11.8. The predicted octanol–water partition coefficient (Wildman–Crippen LogP) is 6.20. The van der Waals surface area contributed by atoms with Gasteiger partial charge >= 0.3 is 0 Å². The molecule has 0 spiro atoms. The van der Waals surface area contributed by atoms with Crippen LogP contribution in [0, 0.1) is 0 Å². The Kier molecular flexibility index (Phi) is 4.64. The highest BCUT2D eigenvalue weighted by atomic mass is 79.9. The minimum Gasteiger partial charge on any atom is -0.323 e. The van der Waals surface area contributed by atoms with Crippen LogP contribution < -0.4 is 5.32 Å². The molecule has 1 amide bonds. The molecule has 0 radical (unpaired) electrons. The van der Waals surface area contributed by atoms with Crippen molar-refractivity contribution in [3.8, 4) is 11.1 Å². The molecule has 0 heterocycles. The molecule has 2 nitrogen and oxygen atoms in total. The smallest absolute Gasteiger partial charge is 0.257 e. The summed E-state index contributed by atoms with van der Waals surface area (Å²) in [6.45, 7) is 0. The van der Waals surface area contributed by atoms with Crippen molar-refractivity contribution in [1.29, 1.82) is 0 Å². The molecule has 7 heteroatoms. The Morgan fingerprint density at radius 2 is 1.77 bits per heavy atom. The second-order valence-electron chi connectivity index (χ2n) is 4.80. The lowest BCUT2D eigenvalue weighted by molar-refractivity contribution is -0.114. The SMILES string of the molecule is O=C(Nc1cc(Cl)cc2c1-c1ccc(Cl)cc1C2Br)C(Cl)Cl. The number of hydrogen-bond donors (Lipinski definition) is 1. The van der Waals surface area contributed by atoms with Crippen LogP contribution in [-0.2, 0) is 4.79 Å². The van der Waals surface area contributed by atoms with Gasteiger partial charge in [-0.15, -0.1) is 0 Å². The average molecular weight is 440 g/mol. The Hall–Kier alpha value is -0.450. The molecule has 22 heavy (non-hydrogen) atoms. The van der Waals surface area contributed by atoms with E-state index in [4.69, 9.17) is 46.4 Å². The molecule has 1 aliphatic carbocycles. The molecular formula is C15H8BrCl4NO. The molecule has 1 N–H and O–H groups in total. The zero-order valence-electron chi connectivity index (χ0n) is 10.8. The lowest BCUT2D eigenvalue weighted by Gasteiger charge is -2.13. The van der Waals surface area contributed by atoms with Crippen LogP contribution in [0.3, 0.4) is 0 Å². The van der Waals surface area contributed by atoms with Gasteiger partial charge in [0.15, 0.2) is 4.84 Å². The number of carbonyl (C=O) groups excluding carboxylic acids is 1. The highest BCUT2D eigenvalue weighted by molar-refractivity contribution is 9.09. The molecule has 1 unspecified atom stereocenters. The van der Waals surface area contributed by atoms with Crippen LogP contribution in [0.15, 0.2) is 30.3 Å². The van der Waals surface area contributed by atoms with E-state index < -0.39 is 10.7 Å². The number of hydrogen-bond acceptors (Lipinski definition) is 1. The minimum absolute atomic E-state index is 0.0478. The Bertz CT molecular complexity index is 778. The summed E-state index contributed by atoms with van der Waals surface area (Å²) >= 11 is 27.1. The first-order valence-electron chi connectivity index (χ1n) is 6.25. The molecule has 0 bridgehead atoms. The first-order chi connectivity index (χ1) is 10.4. The quantitative estimate of drug-likeness (QED) is 0.554. The number of benzene rings is 2. The maximum Gasteiger partial charge on any atom is 0.257 e. The summed E-state index contributed by atoms with van der Waals surface area (Å²) < 4.78 is 0. The maximum absolute atomic E-state index is 11.8. The Balaban J connectivity index is 2.18. The van der Waals surface area contributed by atoms with E-state index in [1.165, 1.54) is 0 Å². The standard InChI is InChI=1S/C15H8BrCl4NO/c16-13-9-3-6(17)1-2-8(9)12-10(13)4-7(18)5-11(12)21-15(22)14(19)20/h1-5,13-14H,(H,21,22).